The lowest BCUT2D eigenvalue weighted by Crippen LogP contribution is -2.45. The molecule has 1 aromatic heterocycles. The van der Waals surface area contributed by atoms with Crippen LogP contribution in [-0.4, -0.2) is 36.7 Å². The molecule has 1 aliphatic heterocycles. The lowest BCUT2D eigenvalue weighted by Gasteiger charge is -2.31. The molecule has 27 heavy (non-hydrogen) atoms. The zero-order valence-electron chi connectivity index (χ0n) is 14.8. The number of carbonyl (C=O) groups excluding carboxylic acids is 1. The van der Waals surface area contributed by atoms with E-state index in [4.69, 9.17) is 11.6 Å². The number of carbonyl (C=O) groups is 1. The fourth-order valence-electron chi connectivity index (χ4n) is 3.13. The van der Waals surface area contributed by atoms with Gasteiger partial charge in [-0.25, -0.2) is 12.7 Å². The van der Waals surface area contributed by atoms with Crippen molar-refractivity contribution < 1.29 is 13.2 Å². The van der Waals surface area contributed by atoms with Crippen molar-refractivity contribution in [2.45, 2.75) is 25.1 Å². The van der Waals surface area contributed by atoms with Crippen molar-refractivity contribution in [3.63, 3.8) is 0 Å². The number of piperidine rings is 1. The summed E-state index contributed by atoms with van der Waals surface area (Å²) in [6, 6.07) is 10.5. The van der Waals surface area contributed by atoms with Crippen molar-refractivity contribution in [2.75, 3.05) is 13.1 Å². The Bertz CT molecular complexity index is 873. The van der Waals surface area contributed by atoms with Crippen LogP contribution < -0.4 is 5.32 Å². The molecule has 2 heterocycles. The normalized spacial score (nSPS) is 18.2. The van der Waals surface area contributed by atoms with Gasteiger partial charge in [0.15, 0.2) is 0 Å². The van der Waals surface area contributed by atoms with Crippen molar-refractivity contribution >= 4 is 27.5 Å². The van der Waals surface area contributed by atoms with Gasteiger partial charge >= 0.3 is 0 Å². The maximum Gasteiger partial charge on any atom is 0.224 e. The zero-order valence-corrected chi connectivity index (χ0v) is 16.4. The van der Waals surface area contributed by atoms with Gasteiger partial charge in [-0.1, -0.05) is 29.8 Å². The molecule has 1 N–H and O–H groups in total. The molecule has 2 aromatic rings. The van der Waals surface area contributed by atoms with E-state index in [1.54, 1.807) is 36.7 Å². The Morgan fingerprint density at radius 1 is 1.22 bits per heavy atom. The van der Waals surface area contributed by atoms with E-state index >= 15 is 0 Å². The highest BCUT2D eigenvalue weighted by Crippen LogP contribution is 2.22. The first kappa shape index (κ1) is 19.8. The Morgan fingerprint density at radius 3 is 2.70 bits per heavy atom. The van der Waals surface area contributed by atoms with E-state index in [2.05, 4.69) is 10.3 Å². The predicted octanol–water partition coefficient (Wildman–Crippen LogP) is 2.59. The van der Waals surface area contributed by atoms with Crippen molar-refractivity contribution in [1.82, 2.24) is 14.6 Å². The highest BCUT2D eigenvalue weighted by molar-refractivity contribution is 7.88. The molecule has 1 amide bonds. The molecule has 0 saturated carbocycles. The van der Waals surface area contributed by atoms with Crippen molar-refractivity contribution in [1.29, 1.82) is 0 Å². The third kappa shape index (κ3) is 5.51. The van der Waals surface area contributed by atoms with Crippen molar-refractivity contribution in [3.8, 4) is 0 Å². The van der Waals surface area contributed by atoms with Crippen LogP contribution >= 0.6 is 11.6 Å². The highest BCUT2D eigenvalue weighted by Gasteiger charge is 2.32. The predicted molar refractivity (Wildman–Crippen MR) is 104 cm³/mol. The summed E-state index contributed by atoms with van der Waals surface area (Å²) in [7, 11) is -3.48. The number of sulfonamides is 1. The molecule has 0 bridgehead atoms. The van der Waals surface area contributed by atoms with E-state index in [0.717, 1.165) is 5.56 Å². The summed E-state index contributed by atoms with van der Waals surface area (Å²) in [4.78, 5) is 16.5. The van der Waals surface area contributed by atoms with Crippen molar-refractivity contribution in [2.24, 2.45) is 5.92 Å². The summed E-state index contributed by atoms with van der Waals surface area (Å²) in [5.74, 6) is -0.547. The molecule has 6 nitrogen and oxygen atoms in total. The van der Waals surface area contributed by atoms with Gasteiger partial charge in [-0.3, -0.25) is 9.78 Å². The van der Waals surface area contributed by atoms with Crippen LogP contribution in [0, 0.1) is 5.92 Å². The second-order valence-corrected chi connectivity index (χ2v) is 9.06. The molecule has 0 unspecified atom stereocenters. The molecule has 8 heteroatoms. The van der Waals surface area contributed by atoms with E-state index in [0.29, 0.717) is 36.5 Å². The van der Waals surface area contributed by atoms with Crippen LogP contribution in [0.4, 0.5) is 0 Å². The summed E-state index contributed by atoms with van der Waals surface area (Å²) in [6.45, 7) is 1.05. The number of benzene rings is 1. The van der Waals surface area contributed by atoms with E-state index in [1.165, 1.54) is 4.31 Å². The average molecular weight is 408 g/mol. The van der Waals surface area contributed by atoms with Gasteiger partial charge in [0.25, 0.3) is 0 Å². The van der Waals surface area contributed by atoms with Crippen LogP contribution in [0.25, 0.3) is 0 Å². The molecule has 3 rings (SSSR count). The maximum atomic E-state index is 12.7. The third-order valence-corrected chi connectivity index (χ3v) is 6.67. The number of rotatable bonds is 6. The second kappa shape index (κ2) is 8.82. The minimum Gasteiger partial charge on any atom is -0.352 e. The number of pyridine rings is 1. The Hall–Kier alpha value is -1.96. The van der Waals surface area contributed by atoms with Gasteiger partial charge < -0.3 is 5.32 Å². The van der Waals surface area contributed by atoms with Gasteiger partial charge in [-0.2, -0.15) is 0 Å². The molecule has 1 aromatic carbocycles. The van der Waals surface area contributed by atoms with Crippen LogP contribution in [0.2, 0.25) is 5.02 Å². The molecule has 1 saturated heterocycles. The van der Waals surface area contributed by atoms with E-state index in [9.17, 15) is 13.2 Å². The van der Waals surface area contributed by atoms with Gasteiger partial charge in [0.1, 0.15) is 0 Å². The molecule has 0 aliphatic carbocycles. The van der Waals surface area contributed by atoms with Crippen LogP contribution in [0.15, 0.2) is 48.8 Å². The lowest BCUT2D eigenvalue weighted by atomic mass is 9.99. The number of hydrogen-bond acceptors (Lipinski definition) is 4. The SMILES string of the molecule is O=C(NCc1cccnc1)[C@@H]1CCCN(S(=O)(=O)Cc2ccc(Cl)cc2)C1. The largest absolute Gasteiger partial charge is 0.352 e. The van der Waals surface area contributed by atoms with E-state index < -0.39 is 10.0 Å². The average Bonchev–Trinajstić information content (AvgIpc) is 2.68. The number of nitrogens with zero attached hydrogens (tertiary/aromatic N) is 2. The number of aromatic nitrogens is 1. The molecule has 0 radical (unpaired) electrons. The first-order valence-electron chi connectivity index (χ1n) is 8.83. The number of halogens is 1. The summed E-state index contributed by atoms with van der Waals surface area (Å²) in [5, 5.41) is 3.45. The molecule has 144 valence electrons. The Balaban J connectivity index is 1.59. The zero-order chi connectivity index (χ0) is 19.3. The quantitative estimate of drug-likeness (QED) is 0.798. The standard InChI is InChI=1S/C19H22ClN3O3S/c20-18-7-5-15(6-8-18)14-27(25,26)23-10-2-4-17(13-23)19(24)22-12-16-3-1-9-21-11-16/h1,3,5-9,11,17H,2,4,10,12-14H2,(H,22,24)/t17-/m1/s1. The van der Waals surface area contributed by atoms with Gasteiger partial charge in [-0.05, 0) is 42.2 Å². The first-order valence-corrected chi connectivity index (χ1v) is 10.8. The van der Waals surface area contributed by atoms with Gasteiger partial charge in [-0.15, -0.1) is 0 Å². The number of hydrogen-bond donors (Lipinski definition) is 1. The molecular weight excluding hydrogens is 386 g/mol. The highest BCUT2D eigenvalue weighted by atomic mass is 35.5. The molecule has 0 spiro atoms. The molecule has 1 fully saturated rings. The Labute approximate surface area is 164 Å². The molecule has 1 atom stereocenters. The topological polar surface area (TPSA) is 79.4 Å². The fourth-order valence-corrected chi connectivity index (χ4v) is 4.86. The Kier molecular flexibility index (Phi) is 6.46. The smallest absolute Gasteiger partial charge is 0.224 e. The van der Waals surface area contributed by atoms with E-state index in [-0.39, 0.29) is 24.1 Å². The van der Waals surface area contributed by atoms with E-state index in [1.807, 2.05) is 12.1 Å². The molecular formula is C19H22ClN3O3S. The molecule has 1 aliphatic rings. The first-order chi connectivity index (χ1) is 12.9. The number of nitrogens with one attached hydrogen (secondary N) is 1. The van der Waals surface area contributed by atoms with Crippen LogP contribution in [0.1, 0.15) is 24.0 Å². The lowest BCUT2D eigenvalue weighted by molar-refractivity contribution is -0.126. The maximum absolute atomic E-state index is 12.7. The van der Waals surface area contributed by atoms with Gasteiger partial charge in [0.2, 0.25) is 15.9 Å². The van der Waals surface area contributed by atoms with Crippen LogP contribution in [-0.2, 0) is 27.1 Å². The van der Waals surface area contributed by atoms with Crippen molar-refractivity contribution in [3.05, 3.63) is 64.9 Å². The van der Waals surface area contributed by atoms with Gasteiger partial charge in [0.05, 0.1) is 11.7 Å². The Morgan fingerprint density at radius 2 is 2.00 bits per heavy atom. The van der Waals surface area contributed by atoms with Gasteiger partial charge in [0, 0.05) is 37.1 Å². The summed E-state index contributed by atoms with van der Waals surface area (Å²) < 4.78 is 26.9. The monoisotopic (exact) mass is 407 g/mol. The van der Waals surface area contributed by atoms with Crippen LogP contribution in [0.5, 0.6) is 0 Å². The second-order valence-electron chi connectivity index (χ2n) is 6.66. The minimum absolute atomic E-state index is 0.0891. The third-order valence-electron chi connectivity index (χ3n) is 4.60. The number of amides is 1. The summed E-state index contributed by atoms with van der Waals surface area (Å²) in [6.07, 6.45) is 4.73. The summed E-state index contributed by atoms with van der Waals surface area (Å²) in [5.41, 5.74) is 1.59. The minimum atomic E-state index is -3.48. The summed E-state index contributed by atoms with van der Waals surface area (Å²) >= 11 is 5.85. The fraction of sp³-hybridized carbons (Fsp3) is 0.368. The van der Waals surface area contributed by atoms with Crippen LogP contribution in [0.3, 0.4) is 0 Å².